The summed E-state index contributed by atoms with van der Waals surface area (Å²) in [5.41, 5.74) is 0.777. The van der Waals surface area contributed by atoms with Gasteiger partial charge in [-0.2, -0.15) is 0 Å². The maximum absolute atomic E-state index is 12.5. The Labute approximate surface area is 154 Å². The van der Waals surface area contributed by atoms with Crippen LogP contribution in [0.15, 0.2) is 29.2 Å². The smallest absolute Gasteiger partial charge is 0.233 e. The molecule has 25 heavy (non-hydrogen) atoms. The van der Waals surface area contributed by atoms with Gasteiger partial charge in [-0.25, -0.2) is 0 Å². The zero-order valence-electron chi connectivity index (χ0n) is 15.2. The zero-order chi connectivity index (χ0) is 18.0. The lowest BCUT2D eigenvalue weighted by Gasteiger charge is -2.29. The number of amides is 2. The molecule has 2 amide bonds. The van der Waals surface area contributed by atoms with Crippen molar-refractivity contribution in [2.45, 2.75) is 62.6 Å². The minimum Gasteiger partial charge on any atom is -0.352 e. The molecule has 5 heteroatoms. The van der Waals surface area contributed by atoms with Gasteiger partial charge in [0.25, 0.3) is 0 Å². The van der Waals surface area contributed by atoms with E-state index in [1.54, 1.807) is 11.8 Å². The van der Waals surface area contributed by atoms with Gasteiger partial charge in [0.1, 0.15) is 0 Å². The van der Waals surface area contributed by atoms with Crippen LogP contribution in [0.4, 0.5) is 5.69 Å². The second kappa shape index (κ2) is 7.81. The van der Waals surface area contributed by atoms with E-state index < -0.39 is 0 Å². The van der Waals surface area contributed by atoms with Crippen molar-refractivity contribution >= 4 is 29.3 Å². The molecular formula is C20H28N2O2S. The maximum Gasteiger partial charge on any atom is 0.233 e. The number of nitrogens with one attached hydrogen (secondary N) is 2. The lowest BCUT2D eigenvalue weighted by atomic mass is 9.84. The molecule has 2 saturated carbocycles. The first-order valence-electron chi connectivity index (χ1n) is 9.27. The van der Waals surface area contributed by atoms with Gasteiger partial charge in [0.15, 0.2) is 0 Å². The molecule has 0 unspecified atom stereocenters. The standard InChI is InChI=1S/C20H28N2O2S/c1-12(19-11-15-4-5-16(19)10-15)21-20(24)13(2)25-18-8-6-17(7-9-18)22-14(3)23/h6-9,12-13,15-16,19H,4-5,10-11H2,1-3H3,(H,21,24)(H,22,23)/t12-,13-,15-,16-,19+/m1/s1. The van der Waals surface area contributed by atoms with Crippen LogP contribution in [0.2, 0.25) is 0 Å². The highest BCUT2D eigenvalue weighted by molar-refractivity contribution is 8.00. The van der Waals surface area contributed by atoms with Crippen molar-refractivity contribution in [3.8, 4) is 0 Å². The van der Waals surface area contributed by atoms with Crippen molar-refractivity contribution in [1.29, 1.82) is 0 Å². The summed E-state index contributed by atoms with van der Waals surface area (Å²) in [6, 6.07) is 7.89. The minimum atomic E-state index is -0.132. The topological polar surface area (TPSA) is 58.2 Å². The van der Waals surface area contributed by atoms with Crippen LogP contribution in [-0.4, -0.2) is 23.1 Å². The van der Waals surface area contributed by atoms with E-state index in [1.807, 2.05) is 31.2 Å². The number of benzene rings is 1. The van der Waals surface area contributed by atoms with Crippen molar-refractivity contribution in [2.24, 2.45) is 17.8 Å². The van der Waals surface area contributed by atoms with Crippen molar-refractivity contribution in [2.75, 3.05) is 5.32 Å². The van der Waals surface area contributed by atoms with E-state index >= 15 is 0 Å². The van der Waals surface area contributed by atoms with Gasteiger partial charge in [-0.15, -0.1) is 11.8 Å². The molecule has 2 bridgehead atoms. The molecule has 2 aliphatic rings. The van der Waals surface area contributed by atoms with Crippen LogP contribution in [0.1, 0.15) is 46.5 Å². The van der Waals surface area contributed by atoms with Crippen LogP contribution in [0, 0.1) is 17.8 Å². The molecule has 1 aromatic carbocycles. The largest absolute Gasteiger partial charge is 0.352 e. The highest BCUT2D eigenvalue weighted by atomic mass is 32.2. The SMILES string of the molecule is CC(=O)Nc1ccc(S[C@H](C)C(=O)N[C@H](C)[C@@H]2C[C@@H]3CC[C@@H]2C3)cc1. The van der Waals surface area contributed by atoms with Crippen LogP contribution in [0.25, 0.3) is 0 Å². The normalized spacial score (nSPS) is 26.9. The van der Waals surface area contributed by atoms with E-state index in [0.717, 1.165) is 22.4 Å². The number of thioether (sulfide) groups is 1. The number of hydrogen-bond donors (Lipinski definition) is 2. The Hall–Kier alpha value is -1.49. The Bertz CT molecular complexity index is 631. The van der Waals surface area contributed by atoms with Gasteiger partial charge in [0.05, 0.1) is 5.25 Å². The number of rotatable bonds is 6. The minimum absolute atomic E-state index is 0.0808. The molecule has 0 heterocycles. The quantitative estimate of drug-likeness (QED) is 0.752. The third-order valence-electron chi connectivity index (χ3n) is 5.66. The van der Waals surface area contributed by atoms with Gasteiger partial charge >= 0.3 is 0 Å². The summed E-state index contributed by atoms with van der Waals surface area (Å²) in [6.07, 6.45) is 5.40. The second-order valence-corrected chi connectivity index (χ2v) is 9.02. The highest BCUT2D eigenvalue weighted by Crippen LogP contribution is 2.49. The predicted molar refractivity (Wildman–Crippen MR) is 103 cm³/mol. The fourth-order valence-electron chi connectivity index (χ4n) is 4.43. The summed E-state index contributed by atoms with van der Waals surface area (Å²) in [5, 5.41) is 5.87. The fraction of sp³-hybridized carbons (Fsp3) is 0.600. The van der Waals surface area contributed by atoms with Gasteiger partial charge in [-0.1, -0.05) is 6.42 Å². The Morgan fingerprint density at radius 3 is 2.40 bits per heavy atom. The van der Waals surface area contributed by atoms with E-state index in [0.29, 0.717) is 5.92 Å². The summed E-state index contributed by atoms with van der Waals surface area (Å²) in [6.45, 7) is 5.62. The van der Waals surface area contributed by atoms with Gasteiger partial charge in [0, 0.05) is 23.5 Å². The van der Waals surface area contributed by atoms with E-state index in [-0.39, 0.29) is 23.1 Å². The van der Waals surface area contributed by atoms with Crippen LogP contribution < -0.4 is 10.6 Å². The average molecular weight is 361 g/mol. The first kappa shape index (κ1) is 18.3. The third-order valence-corrected chi connectivity index (χ3v) is 6.77. The second-order valence-electron chi connectivity index (χ2n) is 7.60. The molecule has 1 aromatic rings. The van der Waals surface area contributed by atoms with Crippen molar-refractivity contribution in [3.63, 3.8) is 0 Å². The van der Waals surface area contributed by atoms with E-state index in [2.05, 4.69) is 17.6 Å². The van der Waals surface area contributed by atoms with Crippen LogP contribution in [-0.2, 0) is 9.59 Å². The molecule has 2 aliphatic carbocycles. The monoisotopic (exact) mass is 360 g/mol. The molecule has 0 spiro atoms. The number of fused-ring (bicyclic) bond motifs is 2. The fourth-order valence-corrected chi connectivity index (χ4v) is 5.31. The third kappa shape index (κ3) is 4.57. The summed E-state index contributed by atoms with van der Waals surface area (Å²) >= 11 is 1.55. The lowest BCUT2D eigenvalue weighted by molar-refractivity contribution is -0.121. The number of hydrogen-bond acceptors (Lipinski definition) is 3. The Morgan fingerprint density at radius 2 is 1.84 bits per heavy atom. The van der Waals surface area contributed by atoms with Crippen LogP contribution in [0.3, 0.4) is 0 Å². The van der Waals surface area contributed by atoms with Gasteiger partial charge in [-0.3, -0.25) is 9.59 Å². The molecule has 4 nitrogen and oxygen atoms in total. The molecule has 5 atom stereocenters. The molecule has 0 saturated heterocycles. The first-order chi connectivity index (χ1) is 11.9. The van der Waals surface area contributed by atoms with Gasteiger partial charge < -0.3 is 10.6 Å². The van der Waals surface area contributed by atoms with E-state index in [1.165, 1.54) is 32.6 Å². The molecule has 0 aromatic heterocycles. The summed E-state index contributed by atoms with van der Waals surface area (Å²) in [4.78, 5) is 24.6. The molecule has 0 radical (unpaired) electrons. The van der Waals surface area contributed by atoms with Crippen LogP contribution >= 0.6 is 11.8 Å². The number of anilines is 1. The average Bonchev–Trinajstić information content (AvgIpc) is 3.19. The van der Waals surface area contributed by atoms with Crippen molar-refractivity contribution in [3.05, 3.63) is 24.3 Å². The molecule has 136 valence electrons. The molecule has 2 fully saturated rings. The van der Waals surface area contributed by atoms with Crippen molar-refractivity contribution < 1.29 is 9.59 Å². The Morgan fingerprint density at radius 1 is 1.12 bits per heavy atom. The van der Waals surface area contributed by atoms with Gasteiger partial charge in [-0.05, 0) is 75.1 Å². The summed E-state index contributed by atoms with van der Waals surface area (Å²) < 4.78 is 0. The van der Waals surface area contributed by atoms with E-state index in [4.69, 9.17) is 0 Å². The van der Waals surface area contributed by atoms with Gasteiger partial charge in [0.2, 0.25) is 11.8 Å². The van der Waals surface area contributed by atoms with Crippen molar-refractivity contribution in [1.82, 2.24) is 5.32 Å². The number of carbonyl (C=O) groups is 2. The lowest BCUT2D eigenvalue weighted by Crippen LogP contribution is -2.43. The highest BCUT2D eigenvalue weighted by Gasteiger charge is 2.42. The first-order valence-corrected chi connectivity index (χ1v) is 10.1. The zero-order valence-corrected chi connectivity index (χ0v) is 16.1. The van der Waals surface area contributed by atoms with Crippen LogP contribution in [0.5, 0.6) is 0 Å². The molecular weight excluding hydrogens is 332 g/mol. The number of carbonyl (C=O) groups excluding carboxylic acids is 2. The molecule has 2 N–H and O–H groups in total. The summed E-state index contributed by atoms with van der Waals surface area (Å²) in [7, 11) is 0. The maximum atomic E-state index is 12.5. The predicted octanol–water partition coefficient (Wildman–Crippen LogP) is 4.07. The molecule has 0 aliphatic heterocycles. The Balaban J connectivity index is 1.49. The van der Waals surface area contributed by atoms with E-state index in [9.17, 15) is 9.59 Å². The Kier molecular flexibility index (Phi) is 5.72. The molecule has 3 rings (SSSR count). The summed E-state index contributed by atoms with van der Waals surface area (Å²) in [5.74, 6) is 2.43.